The van der Waals surface area contributed by atoms with E-state index in [0.29, 0.717) is 32.5 Å². The van der Waals surface area contributed by atoms with Crippen LogP contribution in [0.3, 0.4) is 0 Å². The van der Waals surface area contributed by atoms with E-state index < -0.39 is 0 Å². The number of rotatable bonds is 7. The summed E-state index contributed by atoms with van der Waals surface area (Å²) < 4.78 is 5.20. The van der Waals surface area contributed by atoms with E-state index in [9.17, 15) is 9.59 Å². The van der Waals surface area contributed by atoms with Crippen molar-refractivity contribution in [1.82, 2.24) is 15.5 Å². The van der Waals surface area contributed by atoms with Gasteiger partial charge in [-0.2, -0.15) is 5.10 Å². The number of anilines is 1. The van der Waals surface area contributed by atoms with Gasteiger partial charge in [-0.25, -0.2) is 0 Å². The normalized spacial score (nSPS) is 10.8. The molecule has 2 aromatic carbocycles. The standard InChI is InChI=1S/C22H19ClN4O3S/c1-30-15-7-4-5-13(9-15)12-24-21(29)18-11-16-20(26-27-22(16)31-18)25-19(28)10-14-6-2-3-8-17(14)23/h2-9,11H,10,12H2,1H3,(H,24,29)(H2,25,26,27,28). The van der Waals surface area contributed by atoms with Crippen LogP contribution in [0, 0.1) is 0 Å². The molecular weight excluding hydrogens is 436 g/mol. The Balaban J connectivity index is 1.42. The quantitative estimate of drug-likeness (QED) is 0.385. The number of halogens is 1. The van der Waals surface area contributed by atoms with Crippen LogP contribution in [0.15, 0.2) is 54.6 Å². The predicted octanol–water partition coefficient (Wildman–Crippen LogP) is 4.40. The average molecular weight is 455 g/mol. The molecule has 0 radical (unpaired) electrons. The van der Waals surface area contributed by atoms with E-state index in [1.54, 1.807) is 25.3 Å². The monoisotopic (exact) mass is 454 g/mol. The zero-order valence-electron chi connectivity index (χ0n) is 16.6. The number of H-pyrrole nitrogens is 1. The second-order valence-electron chi connectivity index (χ2n) is 6.78. The van der Waals surface area contributed by atoms with E-state index >= 15 is 0 Å². The number of fused-ring (bicyclic) bond motifs is 1. The van der Waals surface area contributed by atoms with Crippen molar-refractivity contribution in [3.05, 3.63) is 75.6 Å². The molecule has 31 heavy (non-hydrogen) atoms. The molecule has 9 heteroatoms. The summed E-state index contributed by atoms with van der Waals surface area (Å²) in [7, 11) is 1.60. The van der Waals surface area contributed by atoms with E-state index in [1.807, 2.05) is 36.4 Å². The van der Waals surface area contributed by atoms with Gasteiger partial charge in [0.1, 0.15) is 10.6 Å². The molecule has 2 amide bonds. The Labute approximate surface area is 187 Å². The molecule has 0 fully saturated rings. The van der Waals surface area contributed by atoms with Gasteiger partial charge in [0, 0.05) is 11.6 Å². The lowest BCUT2D eigenvalue weighted by Crippen LogP contribution is -2.21. The Hall–Kier alpha value is -3.36. The van der Waals surface area contributed by atoms with Crippen LogP contribution in [-0.2, 0) is 17.8 Å². The summed E-state index contributed by atoms with van der Waals surface area (Å²) in [5, 5.41) is 13.9. The predicted molar refractivity (Wildman–Crippen MR) is 122 cm³/mol. The number of thiophene rings is 1. The number of nitrogens with zero attached hydrogens (tertiary/aromatic N) is 1. The Morgan fingerprint density at radius 2 is 2.00 bits per heavy atom. The molecule has 2 aromatic heterocycles. The van der Waals surface area contributed by atoms with E-state index in [4.69, 9.17) is 16.3 Å². The van der Waals surface area contributed by atoms with Crippen LogP contribution in [0.5, 0.6) is 5.75 Å². The number of carbonyl (C=O) groups excluding carboxylic acids is 2. The highest BCUT2D eigenvalue weighted by molar-refractivity contribution is 7.20. The zero-order chi connectivity index (χ0) is 21.8. The van der Waals surface area contributed by atoms with Gasteiger partial charge < -0.3 is 15.4 Å². The molecule has 0 aliphatic carbocycles. The Morgan fingerprint density at radius 1 is 1.16 bits per heavy atom. The number of hydrogen-bond donors (Lipinski definition) is 3. The molecule has 2 heterocycles. The molecule has 0 spiro atoms. The minimum atomic E-state index is -0.239. The molecule has 0 atom stereocenters. The third-order valence-corrected chi connectivity index (χ3v) is 6.04. The highest BCUT2D eigenvalue weighted by Crippen LogP contribution is 2.29. The van der Waals surface area contributed by atoms with E-state index in [2.05, 4.69) is 20.8 Å². The lowest BCUT2D eigenvalue weighted by molar-refractivity contribution is -0.115. The maximum atomic E-state index is 12.6. The second-order valence-corrected chi connectivity index (χ2v) is 8.24. The van der Waals surface area contributed by atoms with E-state index in [-0.39, 0.29) is 18.2 Å². The highest BCUT2D eigenvalue weighted by Gasteiger charge is 2.17. The summed E-state index contributed by atoms with van der Waals surface area (Å²) in [5.74, 6) is 0.678. The number of aromatic amines is 1. The minimum absolute atomic E-state index is 0.131. The summed E-state index contributed by atoms with van der Waals surface area (Å²) in [6, 6.07) is 16.4. The third-order valence-electron chi connectivity index (χ3n) is 4.63. The van der Waals surface area contributed by atoms with Gasteiger partial charge in [0.05, 0.1) is 23.8 Å². The first-order chi connectivity index (χ1) is 15.0. The first-order valence-electron chi connectivity index (χ1n) is 9.46. The molecule has 0 saturated carbocycles. The second kappa shape index (κ2) is 9.20. The minimum Gasteiger partial charge on any atom is -0.497 e. The van der Waals surface area contributed by atoms with Crippen molar-refractivity contribution in [3.63, 3.8) is 0 Å². The highest BCUT2D eigenvalue weighted by atomic mass is 35.5. The number of benzene rings is 2. The van der Waals surface area contributed by atoms with E-state index in [0.717, 1.165) is 16.9 Å². The van der Waals surface area contributed by atoms with Crippen LogP contribution in [0.1, 0.15) is 20.8 Å². The first-order valence-corrected chi connectivity index (χ1v) is 10.6. The molecule has 158 valence electrons. The van der Waals surface area contributed by atoms with Gasteiger partial charge in [-0.15, -0.1) is 11.3 Å². The number of nitrogens with one attached hydrogen (secondary N) is 3. The molecular formula is C22H19ClN4O3S. The number of methoxy groups -OCH3 is 1. The van der Waals surface area contributed by atoms with Crippen LogP contribution in [0.4, 0.5) is 5.82 Å². The summed E-state index contributed by atoms with van der Waals surface area (Å²) >= 11 is 7.40. The fraction of sp³-hybridized carbons (Fsp3) is 0.136. The van der Waals surface area contributed by atoms with Crippen LogP contribution in [0.2, 0.25) is 5.02 Å². The number of aromatic nitrogens is 2. The van der Waals surface area contributed by atoms with Crippen molar-refractivity contribution in [3.8, 4) is 5.75 Å². The van der Waals surface area contributed by atoms with Gasteiger partial charge in [0.15, 0.2) is 5.82 Å². The summed E-state index contributed by atoms with van der Waals surface area (Å²) in [4.78, 5) is 26.2. The van der Waals surface area contributed by atoms with Crippen LogP contribution in [0.25, 0.3) is 10.2 Å². The molecule has 3 N–H and O–H groups in total. The zero-order valence-corrected chi connectivity index (χ0v) is 18.1. The number of ether oxygens (including phenoxy) is 1. The fourth-order valence-corrected chi connectivity index (χ4v) is 4.19. The topological polar surface area (TPSA) is 96.1 Å². The van der Waals surface area contributed by atoms with Crippen molar-refractivity contribution in [2.24, 2.45) is 0 Å². The summed E-state index contributed by atoms with van der Waals surface area (Å²) in [5.41, 5.74) is 1.67. The van der Waals surface area contributed by atoms with Gasteiger partial charge >= 0.3 is 0 Å². The van der Waals surface area contributed by atoms with Gasteiger partial charge in [0.25, 0.3) is 5.91 Å². The van der Waals surface area contributed by atoms with Crippen molar-refractivity contribution in [1.29, 1.82) is 0 Å². The number of carbonyl (C=O) groups is 2. The largest absolute Gasteiger partial charge is 0.497 e. The van der Waals surface area contributed by atoms with Crippen LogP contribution < -0.4 is 15.4 Å². The van der Waals surface area contributed by atoms with Crippen LogP contribution in [-0.4, -0.2) is 29.1 Å². The Bertz CT molecular complexity index is 1250. The molecule has 0 unspecified atom stereocenters. The smallest absolute Gasteiger partial charge is 0.261 e. The van der Waals surface area contributed by atoms with E-state index in [1.165, 1.54) is 11.3 Å². The maximum Gasteiger partial charge on any atom is 0.261 e. The SMILES string of the molecule is COc1cccc(CNC(=O)c2cc3c(NC(=O)Cc4ccccc4Cl)n[nH]c3s2)c1. The molecule has 4 rings (SSSR count). The summed E-state index contributed by atoms with van der Waals surface area (Å²) in [6.07, 6.45) is 0.131. The van der Waals surface area contributed by atoms with Crippen LogP contribution >= 0.6 is 22.9 Å². The van der Waals surface area contributed by atoms with Gasteiger partial charge in [-0.05, 0) is 35.4 Å². The maximum absolute atomic E-state index is 12.6. The molecule has 4 aromatic rings. The van der Waals surface area contributed by atoms with Crippen molar-refractivity contribution >= 4 is 50.8 Å². The molecule has 0 bridgehead atoms. The Kier molecular flexibility index (Phi) is 6.20. The molecule has 7 nitrogen and oxygen atoms in total. The molecule has 0 aliphatic rings. The third kappa shape index (κ3) is 4.87. The Morgan fingerprint density at radius 3 is 2.81 bits per heavy atom. The molecule has 0 aliphatic heterocycles. The van der Waals surface area contributed by atoms with Gasteiger partial charge in [0.2, 0.25) is 5.91 Å². The van der Waals surface area contributed by atoms with Crippen molar-refractivity contribution in [2.45, 2.75) is 13.0 Å². The lowest BCUT2D eigenvalue weighted by Gasteiger charge is -2.06. The first kappa shape index (κ1) is 20.9. The van der Waals surface area contributed by atoms with Gasteiger partial charge in [-0.1, -0.05) is 41.9 Å². The lowest BCUT2D eigenvalue weighted by atomic mass is 10.1. The van der Waals surface area contributed by atoms with Gasteiger partial charge in [-0.3, -0.25) is 14.7 Å². The summed E-state index contributed by atoms with van der Waals surface area (Å²) in [6.45, 7) is 0.377. The number of hydrogen-bond acceptors (Lipinski definition) is 5. The number of amides is 2. The van der Waals surface area contributed by atoms with Crippen molar-refractivity contribution < 1.29 is 14.3 Å². The fourth-order valence-electron chi connectivity index (χ4n) is 3.07. The molecule has 0 saturated heterocycles. The van der Waals surface area contributed by atoms with Crippen molar-refractivity contribution in [2.75, 3.05) is 12.4 Å². The average Bonchev–Trinajstić information content (AvgIpc) is 3.36.